The molecule has 1 aromatic rings. The summed E-state index contributed by atoms with van der Waals surface area (Å²) in [5.74, 6) is -0.130. The molecule has 2 heterocycles. The maximum Gasteiger partial charge on any atom is 0.315 e. The predicted molar refractivity (Wildman–Crippen MR) is 113 cm³/mol. The number of nitrogens with zero attached hydrogens (tertiary/aromatic N) is 2. The number of hydrogen-bond donors (Lipinski definition) is 2. The fourth-order valence-corrected chi connectivity index (χ4v) is 4.91. The Hall–Kier alpha value is -2.17. The summed E-state index contributed by atoms with van der Waals surface area (Å²) in [5.41, 5.74) is 1.43. The average molecular weight is 439 g/mol. The monoisotopic (exact) mass is 438 g/mol. The van der Waals surface area contributed by atoms with Gasteiger partial charge in [0.25, 0.3) is 5.91 Å². The first-order valence-corrected chi connectivity index (χ1v) is 12.0. The molecule has 10 heteroatoms. The van der Waals surface area contributed by atoms with Gasteiger partial charge in [-0.2, -0.15) is 4.31 Å². The van der Waals surface area contributed by atoms with Gasteiger partial charge in [0.1, 0.15) is 0 Å². The number of benzene rings is 1. The third-order valence-corrected chi connectivity index (χ3v) is 7.15. The van der Waals surface area contributed by atoms with Crippen LogP contribution in [-0.4, -0.2) is 81.3 Å². The SMILES string of the molecule is O=C(NCCS(=O)(=O)N1CCOCC1)NCc1cccc(C(=O)N2CCCCC2)c1. The molecular weight excluding hydrogens is 408 g/mol. The quantitative estimate of drug-likeness (QED) is 0.654. The molecule has 0 unspecified atom stereocenters. The maximum absolute atomic E-state index is 12.6. The molecule has 2 N–H and O–H groups in total. The fraction of sp³-hybridized carbons (Fsp3) is 0.600. The topological polar surface area (TPSA) is 108 Å². The molecule has 3 amide bonds. The lowest BCUT2D eigenvalue weighted by molar-refractivity contribution is 0.0724. The Balaban J connectivity index is 1.42. The Bertz CT molecular complexity index is 833. The molecule has 2 aliphatic rings. The Morgan fingerprint density at radius 1 is 1.00 bits per heavy atom. The van der Waals surface area contributed by atoms with Gasteiger partial charge in [-0.3, -0.25) is 4.79 Å². The first kappa shape index (κ1) is 22.5. The smallest absolute Gasteiger partial charge is 0.315 e. The molecule has 0 atom stereocenters. The van der Waals surface area contributed by atoms with Gasteiger partial charge in [0.05, 0.1) is 19.0 Å². The van der Waals surface area contributed by atoms with Crippen molar-refractivity contribution in [1.29, 1.82) is 0 Å². The zero-order valence-corrected chi connectivity index (χ0v) is 18.0. The van der Waals surface area contributed by atoms with Gasteiger partial charge in [-0.1, -0.05) is 12.1 Å². The second kappa shape index (κ2) is 10.7. The molecule has 30 heavy (non-hydrogen) atoms. The van der Waals surface area contributed by atoms with E-state index >= 15 is 0 Å². The van der Waals surface area contributed by atoms with Crippen LogP contribution in [-0.2, 0) is 21.3 Å². The Labute approximate surface area is 177 Å². The van der Waals surface area contributed by atoms with Crippen molar-refractivity contribution in [2.75, 3.05) is 51.7 Å². The largest absolute Gasteiger partial charge is 0.379 e. The number of piperidine rings is 1. The summed E-state index contributed by atoms with van der Waals surface area (Å²) in [4.78, 5) is 26.5. The van der Waals surface area contributed by atoms with Crippen LogP contribution in [0, 0.1) is 0 Å². The lowest BCUT2D eigenvalue weighted by Crippen LogP contribution is -2.44. The van der Waals surface area contributed by atoms with Gasteiger partial charge in [-0.05, 0) is 37.0 Å². The van der Waals surface area contributed by atoms with Gasteiger partial charge in [-0.25, -0.2) is 13.2 Å². The molecule has 3 rings (SSSR count). The number of likely N-dealkylation sites (tertiary alicyclic amines) is 1. The molecule has 9 nitrogen and oxygen atoms in total. The van der Waals surface area contributed by atoms with Crippen LogP contribution >= 0.6 is 0 Å². The summed E-state index contributed by atoms with van der Waals surface area (Å²) in [6.07, 6.45) is 3.24. The van der Waals surface area contributed by atoms with E-state index in [9.17, 15) is 18.0 Å². The molecular formula is C20H30N4O5S. The van der Waals surface area contributed by atoms with E-state index in [4.69, 9.17) is 4.74 Å². The van der Waals surface area contributed by atoms with Crippen LogP contribution in [0.25, 0.3) is 0 Å². The Morgan fingerprint density at radius 2 is 1.73 bits per heavy atom. The number of carbonyl (C=O) groups excluding carboxylic acids is 2. The van der Waals surface area contributed by atoms with Gasteiger partial charge in [0.15, 0.2) is 0 Å². The summed E-state index contributed by atoms with van der Waals surface area (Å²) in [6.45, 7) is 3.34. The number of urea groups is 1. The highest BCUT2D eigenvalue weighted by molar-refractivity contribution is 7.89. The number of ether oxygens (including phenoxy) is 1. The van der Waals surface area contributed by atoms with Gasteiger partial charge < -0.3 is 20.3 Å². The number of rotatable bonds is 7. The van der Waals surface area contributed by atoms with Crippen molar-refractivity contribution >= 4 is 22.0 Å². The zero-order valence-electron chi connectivity index (χ0n) is 17.1. The van der Waals surface area contributed by atoms with Crippen LogP contribution in [0.4, 0.5) is 4.79 Å². The molecule has 0 bridgehead atoms. The number of morpholine rings is 1. The number of amides is 3. The minimum Gasteiger partial charge on any atom is -0.379 e. The van der Waals surface area contributed by atoms with Gasteiger partial charge in [0, 0.05) is 44.8 Å². The molecule has 1 aromatic carbocycles. The summed E-state index contributed by atoms with van der Waals surface area (Å²) in [7, 11) is -3.40. The molecule has 0 saturated carbocycles. The molecule has 0 aromatic heterocycles. The first-order valence-electron chi connectivity index (χ1n) is 10.4. The number of nitrogens with one attached hydrogen (secondary N) is 2. The van der Waals surface area contributed by atoms with E-state index in [0.29, 0.717) is 31.9 Å². The van der Waals surface area contributed by atoms with Crippen molar-refractivity contribution in [1.82, 2.24) is 19.8 Å². The van der Waals surface area contributed by atoms with Gasteiger partial charge in [-0.15, -0.1) is 0 Å². The van der Waals surface area contributed by atoms with E-state index in [2.05, 4.69) is 10.6 Å². The molecule has 2 fully saturated rings. The van der Waals surface area contributed by atoms with Crippen LogP contribution in [0.15, 0.2) is 24.3 Å². The second-order valence-electron chi connectivity index (χ2n) is 7.49. The lowest BCUT2D eigenvalue weighted by atomic mass is 10.1. The van der Waals surface area contributed by atoms with Crippen LogP contribution in [0.1, 0.15) is 35.2 Å². The third kappa shape index (κ3) is 6.41. The Kier molecular flexibility index (Phi) is 8.06. The minimum absolute atomic E-state index is 0.0225. The lowest BCUT2D eigenvalue weighted by Gasteiger charge is -2.26. The summed E-state index contributed by atoms with van der Waals surface area (Å²) in [6, 6.07) is 6.79. The highest BCUT2D eigenvalue weighted by atomic mass is 32.2. The predicted octanol–water partition coefficient (Wildman–Crippen LogP) is 0.774. The first-order chi connectivity index (χ1) is 14.5. The van der Waals surface area contributed by atoms with Crippen molar-refractivity contribution in [3.05, 3.63) is 35.4 Å². The highest BCUT2D eigenvalue weighted by Crippen LogP contribution is 2.14. The Morgan fingerprint density at radius 3 is 2.47 bits per heavy atom. The van der Waals surface area contributed by atoms with E-state index < -0.39 is 16.1 Å². The van der Waals surface area contributed by atoms with E-state index in [0.717, 1.165) is 37.9 Å². The summed E-state index contributed by atoms with van der Waals surface area (Å²) in [5, 5.41) is 5.28. The van der Waals surface area contributed by atoms with Crippen LogP contribution in [0.3, 0.4) is 0 Å². The van der Waals surface area contributed by atoms with Crippen molar-refractivity contribution in [3.63, 3.8) is 0 Å². The fourth-order valence-electron chi connectivity index (χ4n) is 3.59. The average Bonchev–Trinajstić information content (AvgIpc) is 2.78. The summed E-state index contributed by atoms with van der Waals surface area (Å²) < 4.78 is 31.0. The molecule has 2 aliphatic heterocycles. The normalized spacial score (nSPS) is 18.1. The van der Waals surface area contributed by atoms with Gasteiger partial charge in [0.2, 0.25) is 10.0 Å². The van der Waals surface area contributed by atoms with E-state index in [1.54, 1.807) is 18.2 Å². The molecule has 0 spiro atoms. The third-order valence-electron chi connectivity index (χ3n) is 5.28. The van der Waals surface area contributed by atoms with Crippen LogP contribution < -0.4 is 10.6 Å². The highest BCUT2D eigenvalue weighted by Gasteiger charge is 2.24. The molecule has 0 aliphatic carbocycles. The van der Waals surface area contributed by atoms with E-state index in [1.165, 1.54) is 4.31 Å². The van der Waals surface area contributed by atoms with Crippen LogP contribution in [0.2, 0.25) is 0 Å². The number of hydrogen-bond acceptors (Lipinski definition) is 5. The van der Waals surface area contributed by atoms with Crippen molar-refractivity contribution < 1.29 is 22.7 Å². The molecule has 166 valence electrons. The molecule has 0 radical (unpaired) electrons. The van der Waals surface area contributed by atoms with Crippen LogP contribution in [0.5, 0.6) is 0 Å². The molecule has 2 saturated heterocycles. The summed E-state index contributed by atoms with van der Waals surface area (Å²) >= 11 is 0. The maximum atomic E-state index is 12.6. The zero-order chi connectivity index (χ0) is 21.4. The number of sulfonamides is 1. The standard InChI is InChI=1S/C20H30N4O5S/c25-19(23-8-2-1-3-9-23)18-6-4-5-17(15-18)16-22-20(26)21-7-14-30(27,28)24-10-12-29-13-11-24/h4-6,15H,1-3,7-14,16H2,(H2,21,22,26). The minimum atomic E-state index is -3.40. The van der Waals surface area contributed by atoms with Crippen molar-refractivity contribution in [2.45, 2.75) is 25.8 Å². The number of carbonyl (C=O) groups is 2. The van der Waals surface area contributed by atoms with Crippen molar-refractivity contribution in [3.8, 4) is 0 Å². The van der Waals surface area contributed by atoms with Gasteiger partial charge >= 0.3 is 6.03 Å². The van der Waals surface area contributed by atoms with E-state index in [1.807, 2.05) is 11.0 Å². The van der Waals surface area contributed by atoms with E-state index in [-0.39, 0.29) is 24.7 Å². The second-order valence-corrected chi connectivity index (χ2v) is 9.58. The van der Waals surface area contributed by atoms with Crippen molar-refractivity contribution in [2.24, 2.45) is 0 Å².